The quantitative estimate of drug-likeness (QED) is 0.410. The van der Waals surface area contributed by atoms with Gasteiger partial charge in [-0.25, -0.2) is 0 Å². The molecule has 1 atom stereocenters. The fourth-order valence-electron chi connectivity index (χ4n) is 1.16. The topological polar surface area (TPSA) is 86.7 Å². The lowest BCUT2D eigenvalue weighted by Gasteiger charge is -2.13. The Hall–Kier alpha value is -1.42. The van der Waals surface area contributed by atoms with E-state index in [0.717, 1.165) is 0 Å². The molecule has 5 N–H and O–H groups in total. The maximum absolute atomic E-state index is 9.39. The van der Waals surface area contributed by atoms with Crippen LogP contribution in [0.4, 0.5) is 0 Å². The van der Waals surface area contributed by atoms with E-state index >= 15 is 0 Å². The first-order valence-corrected chi connectivity index (χ1v) is 4.07. The van der Waals surface area contributed by atoms with Crippen molar-refractivity contribution < 1.29 is 15.3 Å². The maximum atomic E-state index is 9.39. The normalized spacial score (nSPS) is 12.8. The van der Waals surface area contributed by atoms with E-state index in [4.69, 9.17) is 10.8 Å². The fourth-order valence-corrected chi connectivity index (χ4v) is 1.16. The highest BCUT2D eigenvalue weighted by atomic mass is 16.3. The number of hydrogen-bond donors (Lipinski definition) is 4. The molecule has 13 heavy (non-hydrogen) atoms. The second-order valence-corrected chi connectivity index (χ2v) is 2.88. The molecule has 0 aliphatic carbocycles. The summed E-state index contributed by atoms with van der Waals surface area (Å²) in [6.45, 7) is 1.83. The molecule has 0 fully saturated rings. The highest BCUT2D eigenvalue weighted by Gasteiger charge is 2.16. The molecule has 0 spiro atoms. The Morgan fingerprint density at radius 1 is 1.23 bits per heavy atom. The van der Waals surface area contributed by atoms with Crippen molar-refractivity contribution in [2.75, 3.05) is 0 Å². The summed E-state index contributed by atoms with van der Waals surface area (Å²) in [5, 5.41) is 27.9. The first kappa shape index (κ1) is 9.67. The smallest absolute Gasteiger partial charge is 0.166 e. The molecule has 72 valence electrons. The molecule has 0 saturated carbocycles. The Bertz CT molecular complexity index is 312. The lowest BCUT2D eigenvalue weighted by molar-refractivity contribution is 0.383. The Labute approximate surface area is 76.2 Å². The van der Waals surface area contributed by atoms with Gasteiger partial charge in [-0.3, -0.25) is 0 Å². The average molecular weight is 183 g/mol. The van der Waals surface area contributed by atoms with Crippen molar-refractivity contribution in [1.82, 2.24) is 0 Å². The molecule has 4 heteroatoms. The van der Waals surface area contributed by atoms with Gasteiger partial charge in [-0.2, -0.15) is 0 Å². The van der Waals surface area contributed by atoms with Gasteiger partial charge in [0, 0.05) is 6.04 Å². The van der Waals surface area contributed by atoms with Crippen LogP contribution in [0, 0.1) is 0 Å². The molecule has 0 heterocycles. The van der Waals surface area contributed by atoms with Gasteiger partial charge in [0.05, 0.1) is 5.56 Å². The molecule has 0 radical (unpaired) electrons. The number of aromatic hydroxyl groups is 3. The summed E-state index contributed by atoms with van der Waals surface area (Å²) in [4.78, 5) is 0. The van der Waals surface area contributed by atoms with E-state index in [9.17, 15) is 10.2 Å². The van der Waals surface area contributed by atoms with Crippen LogP contribution in [-0.2, 0) is 0 Å². The van der Waals surface area contributed by atoms with E-state index in [-0.39, 0.29) is 22.8 Å². The number of nitrogens with two attached hydrogens (primary N) is 1. The SMILES string of the molecule is CC[C@@H](N)c1c(O)ccc(O)c1O. The molecule has 0 unspecified atom stereocenters. The van der Waals surface area contributed by atoms with Gasteiger partial charge in [-0.1, -0.05) is 6.92 Å². The van der Waals surface area contributed by atoms with Gasteiger partial charge in [-0.15, -0.1) is 0 Å². The molecule has 0 saturated heterocycles. The molecule has 0 aromatic heterocycles. The second-order valence-electron chi connectivity index (χ2n) is 2.88. The average Bonchev–Trinajstić information content (AvgIpc) is 2.12. The molecule has 1 aromatic rings. The van der Waals surface area contributed by atoms with Crippen LogP contribution in [0.3, 0.4) is 0 Å². The Morgan fingerprint density at radius 3 is 2.31 bits per heavy atom. The lowest BCUT2D eigenvalue weighted by Crippen LogP contribution is -2.09. The van der Waals surface area contributed by atoms with Gasteiger partial charge >= 0.3 is 0 Å². The van der Waals surface area contributed by atoms with E-state index in [1.807, 2.05) is 6.92 Å². The minimum atomic E-state index is -0.466. The zero-order valence-electron chi connectivity index (χ0n) is 7.36. The third-order valence-electron chi connectivity index (χ3n) is 1.98. The zero-order valence-corrected chi connectivity index (χ0v) is 7.36. The predicted octanol–water partition coefficient (Wildman–Crippen LogP) is 1.21. The maximum Gasteiger partial charge on any atom is 0.166 e. The fraction of sp³-hybridized carbons (Fsp3) is 0.333. The van der Waals surface area contributed by atoms with Crippen molar-refractivity contribution in [3.05, 3.63) is 17.7 Å². The van der Waals surface area contributed by atoms with Gasteiger partial charge in [-0.05, 0) is 18.6 Å². The monoisotopic (exact) mass is 183 g/mol. The van der Waals surface area contributed by atoms with Crippen molar-refractivity contribution in [3.63, 3.8) is 0 Å². The predicted molar refractivity (Wildman–Crippen MR) is 48.7 cm³/mol. The summed E-state index contributed by atoms with van der Waals surface area (Å²) in [6, 6.07) is 2.06. The van der Waals surface area contributed by atoms with Crippen molar-refractivity contribution in [2.45, 2.75) is 19.4 Å². The van der Waals surface area contributed by atoms with E-state index in [1.54, 1.807) is 0 Å². The number of phenols is 3. The Morgan fingerprint density at radius 2 is 1.77 bits per heavy atom. The first-order valence-electron chi connectivity index (χ1n) is 4.07. The minimum absolute atomic E-state index is 0.0929. The summed E-state index contributed by atoms with van der Waals surface area (Å²) in [5.41, 5.74) is 5.83. The third-order valence-corrected chi connectivity index (χ3v) is 1.98. The van der Waals surface area contributed by atoms with Gasteiger partial charge in [0.25, 0.3) is 0 Å². The van der Waals surface area contributed by atoms with Crippen LogP contribution in [0.15, 0.2) is 12.1 Å². The van der Waals surface area contributed by atoms with Gasteiger partial charge < -0.3 is 21.1 Å². The van der Waals surface area contributed by atoms with Crippen molar-refractivity contribution >= 4 is 0 Å². The van der Waals surface area contributed by atoms with Gasteiger partial charge in [0.15, 0.2) is 11.5 Å². The summed E-state index contributed by atoms with van der Waals surface area (Å²) in [5.74, 6) is -0.698. The number of benzene rings is 1. The molecule has 0 bridgehead atoms. The summed E-state index contributed by atoms with van der Waals surface area (Å²) >= 11 is 0. The summed E-state index contributed by atoms with van der Waals surface area (Å²) < 4.78 is 0. The van der Waals surface area contributed by atoms with Crippen LogP contribution in [-0.4, -0.2) is 15.3 Å². The van der Waals surface area contributed by atoms with Crippen LogP contribution in [0.5, 0.6) is 17.2 Å². The van der Waals surface area contributed by atoms with E-state index in [0.29, 0.717) is 6.42 Å². The van der Waals surface area contributed by atoms with Crippen LogP contribution in [0.2, 0.25) is 0 Å². The first-order chi connectivity index (χ1) is 6.07. The third kappa shape index (κ3) is 1.67. The Balaban J connectivity index is 3.25. The number of rotatable bonds is 2. The van der Waals surface area contributed by atoms with Gasteiger partial charge in [0.2, 0.25) is 0 Å². The molecule has 0 aliphatic heterocycles. The van der Waals surface area contributed by atoms with Crippen LogP contribution >= 0.6 is 0 Å². The standard InChI is InChI=1S/C9H13NO3/c1-2-5(10)8-6(11)3-4-7(12)9(8)13/h3-5,11-13H,2,10H2,1H3/t5-/m1/s1. The van der Waals surface area contributed by atoms with E-state index in [1.165, 1.54) is 12.1 Å². The molecule has 1 aromatic carbocycles. The lowest BCUT2D eigenvalue weighted by atomic mass is 10.0. The van der Waals surface area contributed by atoms with Crippen molar-refractivity contribution in [3.8, 4) is 17.2 Å². The van der Waals surface area contributed by atoms with E-state index in [2.05, 4.69) is 0 Å². The van der Waals surface area contributed by atoms with Crippen LogP contribution in [0.25, 0.3) is 0 Å². The number of phenolic OH excluding ortho intramolecular Hbond substituents is 3. The molecule has 4 nitrogen and oxygen atoms in total. The highest BCUT2D eigenvalue weighted by molar-refractivity contribution is 5.53. The molecule has 0 aliphatic rings. The van der Waals surface area contributed by atoms with Crippen LogP contribution in [0.1, 0.15) is 24.9 Å². The second kappa shape index (κ2) is 3.53. The molecular formula is C9H13NO3. The van der Waals surface area contributed by atoms with Crippen molar-refractivity contribution in [1.29, 1.82) is 0 Å². The van der Waals surface area contributed by atoms with Crippen molar-refractivity contribution in [2.24, 2.45) is 5.73 Å². The van der Waals surface area contributed by atoms with Gasteiger partial charge in [0.1, 0.15) is 5.75 Å². The van der Waals surface area contributed by atoms with Crippen LogP contribution < -0.4 is 5.73 Å². The molecule has 1 rings (SSSR count). The molecular weight excluding hydrogens is 170 g/mol. The Kier molecular flexibility index (Phi) is 2.63. The minimum Gasteiger partial charge on any atom is -0.507 e. The summed E-state index contributed by atoms with van der Waals surface area (Å²) in [6.07, 6.45) is 0.574. The largest absolute Gasteiger partial charge is 0.507 e. The molecule has 0 amide bonds. The highest BCUT2D eigenvalue weighted by Crippen LogP contribution is 2.38. The van der Waals surface area contributed by atoms with E-state index < -0.39 is 6.04 Å². The zero-order chi connectivity index (χ0) is 10.0. The number of hydrogen-bond acceptors (Lipinski definition) is 4. The summed E-state index contributed by atoms with van der Waals surface area (Å²) in [7, 11) is 0.